The fourth-order valence-electron chi connectivity index (χ4n) is 3.76. The molecule has 114 valence electrons. The number of hydrogen-bond acceptors (Lipinski definition) is 2. The van der Waals surface area contributed by atoms with E-state index in [1.54, 1.807) is 0 Å². The highest BCUT2D eigenvalue weighted by atomic mass is 35.5. The van der Waals surface area contributed by atoms with Crippen molar-refractivity contribution in [2.75, 3.05) is 19.6 Å². The van der Waals surface area contributed by atoms with E-state index >= 15 is 0 Å². The molecule has 2 aliphatic rings. The van der Waals surface area contributed by atoms with Crippen molar-refractivity contribution in [1.82, 2.24) is 4.90 Å². The Bertz CT molecular complexity index is 534. The van der Waals surface area contributed by atoms with Gasteiger partial charge in [0, 0.05) is 23.0 Å². The van der Waals surface area contributed by atoms with E-state index in [4.69, 9.17) is 11.6 Å². The maximum Gasteiger partial charge on any atom is 0.167 e. The highest BCUT2D eigenvalue weighted by Gasteiger charge is 2.25. The highest BCUT2D eigenvalue weighted by molar-refractivity contribution is 6.31. The van der Waals surface area contributed by atoms with Crippen LogP contribution in [0.2, 0.25) is 5.02 Å². The summed E-state index contributed by atoms with van der Waals surface area (Å²) >= 11 is 6.32. The summed E-state index contributed by atoms with van der Waals surface area (Å²) in [6, 6.07) is 3.87. The van der Waals surface area contributed by atoms with E-state index in [0.29, 0.717) is 5.78 Å². The standard InChI is InChI=1S/C18H24ClNO/c1-13(12-20-10-4-5-11-20)18(21)16-8-9-17(19)15-7-3-2-6-14(15)16/h8-9,13H,2-7,10-12H2,1H3. The molecule has 0 aromatic heterocycles. The van der Waals surface area contributed by atoms with Crippen LogP contribution in [0.25, 0.3) is 0 Å². The van der Waals surface area contributed by atoms with Crippen LogP contribution >= 0.6 is 11.6 Å². The molecule has 2 nitrogen and oxygen atoms in total. The summed E-state index contributed by atoms with van der Waals surface area (Å²) in [6.07, 6.45) is 6.94. The van der Waals surface area contributed by atoms with Crippen LogP contribution in [0.1, 0.15) is 54.1 Å². The number of Topliss-reactive ketones (excluding diaryl/α,β-unsaturated/α-hetero) is 1. The van der Waals surface area contributed by atoms with Crippen molar-refractivity contribution < 1.29 is 4.79 Å². The van der Waals surface area contributed by atoms with Crippen molar-refractivity contribution >= 4 is 17.4 Å². The molecule has 1 aliphatic heterocycles. The molecule has 3 rings (SSSR count). The van der Waals surface area contributed by atoms with Gasteiger partial charge in [-0.2, -0.15) is 0 Å². The number of halogens is 1. The first-order valence-corrected chi connectivity index (χ1v) is 8.61. The zero-order valence-electron chi connectivity index (χ0n) is 12.8. The Morgan fingerprint density at radius 3 is 2.52 bits per heavy atom. The van der Waals surface area contributed by atoms with Gasteiger partial charge in [-0.05, 0) is 74.9 Å². The second kappa shape index (κ2) is 6.50. The first-order valence-electron chi connectivity index (χ1n) is 8.23. The molecule has 1 aromatic rings. The molecule has 21 heavy (non-hydrogen) atoms. The van der Waals surface area contributed by atoms with Crippen molar-refractivity contribution in [3.8, 4) is 0 Å². The van der Waals surface area contributed by atoms with Gasteiger partial charge in [0.1, 0.15) is 0 Å². The number of carbonyl (C=O) groups is 1. The first-order chi connectivity index (χ1) is 10.2. The van der Waals surface area contributed by atoms with Crippen molar-refractivity contribution in [3.63, 3.8) is 0 Å². The second-order valence-corrected chi connectivity index (χ2v) is 6.94. The smallest absolute Gasteiger partial charge is 0.167 e. The summed E-state index contributed by atoms with van der Waals surface area (Å²) in [4.78, 5) is 15.3. The molecule has 1 unspecified atom stereocenters. The predicted molar refractivity (Wildman–Crippen MR) is 87.3 cm³/mol. The largest absolute Gasteiger partial charge is 0.303 e. The Hall–Kier alpha value is -0.860. The van der Waals surface area contributed by atoms with Crippen LogP contribution in [0.4, 0.5) is 0 Å². The van der Waals surface area contributed by atoms with Crippen LogP contribution < -0.4 is 0 Å². The van der Waals surface area contributed by atoms with Gasteiger partial charge in [-0.1, -0.05) is 18.5 Å². The average molecular weight is 306 g/mol. The van der Waals surface area contributed by atoms with E-state index in [-0.39, 0.29) is 5.92 Å². The number of benzene rings is 1. The summed E-state index contributed by atoms with van der Waals surface area (Å²) in [5.74, 6) is 0.381. The Morgan fingerprint density at radius 2 is 1.81 bits per heavy atom. The lowest BCUT2D eigenvalue weighted by Gasteiger charge is -2.23. The van der Waals surface area contributed by atoms with Crippen LogP contribution in [-0.4, -0.2) is 30.3 Å². The van der Waals surface area contributed by atoms with E-state index in [0.717, 1.165) is 43.1 Å². The first kappa shape index (κ1) is 15.1. The molecule has 1 saturated heterocycles. The highest BCUT2D eigenvalue weighted by Crippen LogP contribution is 2.31. The maximum absolute atomic E-state index is 12.8. The molecule has 1 aromatic carbocycles. The third-order valence-electron chi connectivity index (χ3n) is 4.92. The zero-order valence-corrected chi connectivity index (χ0v) is 13.6. The minimum Gasteiger partial charge on any atom is -0.303 e. The normalized spacial score (nSPS) is 20.3. The molecule has 0 bridgehead atoms. The number of hydrogen-bond donors (Lipinski definition) is 0. The molecule has 1 aliphatic carbocycles. The molecule has 1 atom stereocenters. The van der Waals surface area contributed by atoms with Gasteiger partial charge < -0.3 is 4.90 Å². The maximum atomic E-state index is 12.8. The van der Waals surface area contributed by atoms with Crippen LogP contribution in [0.5, 0.6) is 0 Å². The van der Waals surface area contributed by atoms with Crippen LogP contribution in [-0.2, 0) is 12.8 Å². The van der Waals surface area contributed by atoms with Gasteiger partial charge in [0.05, 0.1) is 0 Å². The van der Waals surface area contributed by atoms with E-state index in [1.807, 2.05) is 12.1 Å². The minimum atomic E-state index is 0.0790. The summed E-state index contributed by atoms with van der Waals surface area (Å²) in [5, 5.41) is 0.841. The quantitative estimate of drug-likeness (QED) is 0.779. The van der Waals surface area contributed by atoms with Crippen molar-refractivity contribution in [2.24, 2.45) is 5.92 Å². The number of carbonyl (C=O) groups excluding carboxylic acids is 1. The SMILES string of the molecule is CC(CN1CCCC1)C(=O)c1ccc(Cl)c2c1CCCC2. The number of nitrogens with zero attached hydrogens (tertiary/aromatic N) is 1. The summed E-state index contributed by atoms with van der Waals surface area (Å²) in [7, 11) is 0. The molecular formula is C18H24ClNO. The molecule has 0 N–H and O–H groups in total. The minimum absolute atomic E-state index is 0.0790. The van der Waals surface area contributed by atoms with E-state index in [1.165, 1.54) is 36.8 Å². The van der Waals surface area contributed by atoms with E-state index in [9.17, 15) is 4.79 Å². The molecule has 3 heteroatoms. The topological polar surface area (TPSA) is 20.3 Å². The van der Waals surface area contributed by atoms with Gasteiger partial charge in [-0.15, -0.1) is 0 Å². The lowest BCUT2D eigenvalue weighted by molar-refractivity contribution is 0.0901. The summed E-state index contributed by atoms with van der Waals surface area (Å²) in [5.41, 5.74) is 3.38. The van der Waals surface area contributed by atoms with Gasteiger partial charge in [-0.25, -0.2) is 0 Å². The molecule has 0 saturated carbocycles. The molecule has 1 fully saturated rings. The lowest BCUT2D eigenvalue weighted by Crippen LogP contribution is -2.30. The Morgan fingerprint density at radius 1 is 1.14 bits per heavy atom. The van der Waals surface area contributed by atoms with Crippen LogP contribution in [0, 0.1) is 5.92 Å². The molecule has 0 spiro atoms. The van der Waals surface area contributed by atoms with Gasteiger partial charge in [0.25, 0.3) is 0 Å². The summed E-state index contributed by atoms with van der Waals surface area (Å²) < 4.78 is 0. The van der Waals surface area contributed by atoms with Gasteiger partial charge in [0.15, 0.2) is 5.78 Å². The third kappa shape index (κ3) is 3.17. The fourth-order valence-corrected chi connectivity index (χ4v) is 4.03. The third-order valence-corrected chi connectivity index (χ3v) is 5.28. The fraction of sp³-hybridized carbons (Fsp3) is 0.611. The average Bonchev–Trinajstić information content (AvgIpc) is 3.00. The number of fused-ring (bicyclic) bond motifs is 1. The van der Waals surface area contributed by atoms with Crippen molar-refractivity contribution in [2.45, 2.75) is 45.4 Å². The molecular weight excluding hydrogens is 282 g/mol. The van der Waals surface area contributed by atoms with Gasteiger partial charge >= 0.3 is 0 Å². The molecule has 0 amide bonds. The Kier molecular flexibility index (Phi) is 4.66. The lowest BCUT2D eigenvalue weighted by atomic mass is 9.84. The van der Waals surface area contributed by atoms with Crippen LogP contribution in [0.15, 0.2) is 12.1 Å². The Balaban J connectivity index is 1.80. The number of ketones is 1. The number of likely N-dealkylation sites (tertiary alicyclic amines) is 1. The molecule has 1 heterocycles. The van der Waals surface area contributed by atoms with Crippen molar-refractivity contribution in [1.29, 1.82) is 0 Å². The van der Waals surface area contributed by atoms with Gasteiger partial charge in [-0.3, -0.25) is 4.79 Å². The van der Waals surface area contributed by atoms with Gasteiger partial charge in [0.2, 0.25) is 0 Å². The number of rotatable bonds is 4. The summed E-state index contributed by atoms with van der Waals surface area (Å²) in [6.45, 7) is 5.27. The Labute approximate surface area is 132 Å². The zero-order chi connectivity index (χ0) is 14.8. The van der Waals surface area contributed by atoms with Crippen LogP contribution in [0.3, 0.4) is 0 Å². The van der Waals surface area contributed by atoms with Crippen molar-refractivity contribution in [3.05, 3.63) is 33.8 Å². The molecule has 0 radical (unpaired) electrons. The monoisotopic (exact) mass is 305 g/mol. The second-order valence-electron chi connectivity index (χ2n) is 6.53. The van der Waals surface area contributed by atoms with E-state index < -0.39 is 0 Å². The predicted octanol–water partition coefficient (Wildman–Crippen LogP) is 4.13. The van der Waals surface area contributed by atoms with E-state index in [2.05, 4.69) is 11.8 Å².